The number of imidazole rings is 1. The van der Waals surface area contributed by atoms with Crippen molar-refractivity contribution in [3.63, 3.8) is 0 Å². The predicted molar refractivity (Wildman–Crippen MR) is 92.6 cm³/mol. The number of thioether (sulfide) groups is 1. The van der Waals surface area contributed by atoms with Crippen LogP contribution in [0.25, 0.3) is 11.0 Å². The molecule has 1 aliphatic carbocycles. The molecular formula is C17H23N3O2S. The largest absolute Gasteiger partial charge is 0.388 e. The molecule has 3 rings (SSSR count). The Morgan fingerprint density at radius 2 is 2.13 bits per heavy atom. The van der Waals surface area contributed by atoms with Crippen molar-refractivity contribution in [2.75, 3.05) is 12.3 Å². The van der Waals surface area contributed by atoms with Crippen LogP contribution in [0.3, 0.4) is 0 Å². The molecule has 0 radical (unpaired) electrons. The standard InChI is InChI=1S/C17H23N3O2S/c1-2-20-14-8-4-3-7-13(14)19-16(20)23-11-15(21)18-12-17(22)9-5-6-10-17/h3-4,7-8,22H,2,5-6,9-12H2,1H3,(H,18,21). The summed E-state index contributed by atoms with van der Waals surface area (Å²) >= 11 is 1.45. The van der Waals surface area contributed by atoms with Crippen LogP contribution in [-0.2, 0) is 11.3 Å². The Morgan fingerprint density at radius 1 is 1.39 bits per heavy atom. The van der Waals surface area contributed by atoms with E-state index in [1.807, 2.05) is 24.3 Å². The van der Waals surface area contributed by atoms with Crippen LogP contribution < -0.4 is 5.32 Å². The molecule has 0 unspecified atom stereocenters. The first-order valence-electron chi connectivity index (χ1n) is 8.18. The number of nitrogens with one attached hydrogen (secondary N) is 1. The van der Waals surface area contributed by atoms with E-state index >= 15 is 0 Å². The van der Waals surface area contributed by atoms with Gasteiger partial charge in [0.2, 0.25) is 5.91 Å². The number of para-hydroxylation sites is 2. The zero-order chi connectivity index (χ0) is 16.3. The van der Waals surface area contributed by atoms with Crippen LogP contribution in [0.15, 0.2) is 29.4 Å². The minimum Gasteiger partial charge on any atom is -0.388 e. The fourth-order valence-electron chi connectivity index (χ4n) is 3.12. The molecule has 0 aliphatic heterocycles. The number of hydrogen-bond donors (Lipinski definition) is 2. The third-order valence-corrected chi connectivity index (χ3v) is 5.39. The lowest BCUT2D eigenvalue weighted by atomic mass is 10.0. The number of amides is 1. The summed E-state index contributed by atoms with van der Waals surface area (Å²) in [5, 5.41) is 14.0. The van der Waals surface area contributed by atoms with E-state index in [4.69, 9.17) is 0 Å². The fourth-order valence-corrected chi connectivity index (χ4v) is 4.03. The summed E-state index contributed by atoms with van der Waals surface area (Å²) in [4.78, 5) is 16.7. The zero-order valence-corrected chi connectivity index (χ0v) is 14.2. The first kappa shape index (κ1) is 16.3. The van der Waals surface area contributed by atoms with E-state index in [0.29, 0.717) is 12.3 Å². The molecule has 1 aromatic carbocycles. The number of hydrogen-bond acceptors (Lipinski definition) is 4. The zero-order valence-electron chi connectivity index (χ0n) is 13.4. The second kappa shape index (κ2) is 6.93. The van der Waals surface area contributed by atoms with Gasteiger partial charge in [0.1, 0.15) is 0 Å². The average molecular weight is 333 g/mol. The van der Waals surface area contributed by atoms with Crippen LogP contribution in [0.2, 0.25) is 0 Å². The summed E-state index contributed by atoms with van der Waals surface area (Å²) in [6.07, 6.45) is 3.65. The molecule has 1 amide bonds. The lowest BCUT2D eigenvalue weighted by Crippen LogP contribution is -2.41. The van der Waals surface area contributed by atoms with Gasteiger partial charge in [-0.15, -0.1) is 0 Å². The fraction of sp³-hybridized carbons (Fsp3) is 0.529. The third-order valence-electron chi connectivity index (χ3n) is 4.42. The molecule has 0 atom stereocenters. The van der Waals surface area contributed by atoms with Crippen LogP contribution in [-0.4, -0.2) is 38.5 Å². The number of nitrogens with zero attached hydrogens (tertiary/aromatic N) is 2. The highest BCUT2D eigenvalue weighted by Crippen LogP contribution is 2.28. The van der Waals surface area contributed by atoms with Gasteiger partial charge in [0.15, 0.2) is 5.16 Å². The van der Waals surface area contributed by atoms with Crippen molar-refractivity contribution >= 4 is 28.7 Å². The van der Waals surface area contributed by atoms with Crippen LogP contribution in [0, 0.1) is 0 Å². The molecule has 2 N–H and O–H groups in total. The number of aryl methyl sites for hydroxylation is 1. The van der Waals surface area contributed by atoms with E-state index in [-0.39, 0.29) is 5.91 Å². The number of rotatable bonds is 6. The highest BCUT2D eigenvalue weighted by molar-refractivity contribution is 7.99. The van der Waals surface area contributed by atoms with Gasteiger partial charge in [-0.1, -0.05) is 36.7 Å². The van der Waals surface area contributed by atoms with E-state index in [2.05, 4.69) is 21.8 Å². The molecule has 124 valence electrons. The molecule has 2 aromatic rings. The Kier molecular flexibility index (Phi) is 4.92. The van der Waals surface area contributed by atoms with Crippen molar-refractivity contribution in [1.29, 1.82) is 0 Å². The maximum absolute atomic E-state index is 12.1. The third kappa shape index (κ3) is 3.70. The lowest BCUT2D eigenvalue weighted by Gasteiger charge is -2.22. The first-order valence-corrected chi connectivity index (χ1v) is 9.17. The highest BCUT2D eigenvalue weighted by atomic mass is 32.2. The summed E-state index contributed by atoms with van der Waals surface area (Å²) in [5.74, 6) is 0.268. The molecule has 0 bridgehead atoms. The minimum atomic E-state index is -0.698. The Balaban J connectivity index is 1.58. The van der Waals surface area contributed by atoms with Crippen molar-refractivity contribution < 1.29 is 9.90 Å². The maximum Gasteiger partial charge on any atom is 0.230 e. The molecule has 1 aliphatic rings. The van der Waals surface area contributed by atoms with Crippen LogP contribution >= 0.6 is 11.8 Å². The Labute approximate surface area is 140 Å². The summed E-state index contributed by atoms with van der Waals surface area (Å²) in [5.41, 5.74) is 1.35. The van der Waals surface area contributed by atoms with E-state index < -0.39 is 5.60 Å². The van der Waals surface area contributed by atoms with Gasteiger partial charge in [0, 0.05) is 13.1 Å². The van der Waals surface area contributed by atoms with Gasteiger partial charge >= 0.3 is 0 Å². The van der Waals surface area contributed by atoms with Crippen molar-refractivity contribution in [2.45, 2.75) is 49.9 Å². The molecule has 0 saturated heterocycles. The molecule has 1 aromatic heterocycles. The van der Waals surface area contributed by atoms with Gasteiger partial charge in [0.05, 0.1) is 22.4 Å². The van der Waals surface area contributed by atoms with Crippen molar-refractivity contribution in [2.24, 2.45) is 0 Å². The van der Waals surface area contributed by atoms with Crippen LogP contribution in [0.4, 0.5) is 0 Å². The number of benzene rings is 1. The Hall–Kier alpha value is -1.53. The summed E-state index contributed by atoms with van der Waals surface area (Å²) in [6, 6.07) is 8.01. The Morgan fingerprint density at radius 3 is 2.87 bits per heavy atom. The van der Waals surface area contributed by atoms with Gasteiger partial charge in [-0.3, -0.25) is 4.79 Å². The molecule has 1 saturated carbocycles. The van der Waals surface area contributed by atoms with E-state index in [0.717, 1.165) is 48.4 Å². The topological polar surface area (TPSA) is 67.2 Å². The van der Waals surface area contributed by atoms with E-state index in [9.17, 15) is 9.90 Å². The summed E-state index contributed by atoms with van der Waals surface area (Å²) < 4.78 is 2.12. The quantitative estimate of drug-likeness (QED) is 0.797. The second-order valence-corrected chi connectivity index (χ2v) is 7.07. The number of aromatic nitrogens is 2. The second-order valence-electron chi connectivity index (χ2n) is 6.12. The number of carbonyl (C=O) groups is 1. The first-order chi connectivity index (χ1) is 11.1. The van der Waals surface area contributed by atoms with E-state index in [1.54, 1.807) is 0 Å². The van der Waals surface area contributed by atoms with Crippen molar-refractivity contribution in [3.8, 4) is 0 Å². The minimum absolute atomic E-state index is 0.0509. The molecule has 6 heteroatoms. The SMILES string of the molecule is CCn1c(SCC(=O)NCC2(O)CCCC2)nc2ccccc21. The van der Waals surface area contributed by atoms with Crippen molar-refractivity contribution in [3.05, 3.63) is 24.3 Å². The number of aliphatic hydroxyl groups is 1. The average Bonchev–Trinajstić information content (AvgIpc) is 3.14. The molecular weight excluding hydrogens is 310 g/mol. The normalized spacial score (nSPS) is 16.8. The monoisotopic (exact) mass is 333 g/mol. The molecule has 1 fully saturated rings. The van der Waals surface area contributed by atoms with Crippen LogP contribution in [0.1, 0.15) is 32.6 Å². The maximum atomic E-state index is 12.1. The molecule has 23 heavy (non-hydrogen) atoms. The van der Waals surface area contributed by atoms with Gasteiger partial charge in [-0.2, -0.15) is 0 Å². The highest BCUT2D eigenvalue weighted by Gasteiger charge is 2.31. The predicted octanol–water partition coefficient (Wildman–Crippen LogP) is 2.57. The van der Waals surface area contributed by atoms with Gasteiger partial charge in [-0.05, 0) is 31.9 Å². The number of carbonyl (C=O) groups excluding carboxylic acids is 1. The molecule has 1 heterocycles. The summed E-state index contributed by atoms with van der Waals surface area (Å²) in [7, 11) is 0. The lowest BCUT2D eigenvalue weighted by molar-refractivity contribution is -0.119. The molecule has 5 nitrogen and oxygen atoms in total. The summed E-state index contributed by atoms with van der Waals surface area (Å²) in [6.45, 7) is 3.26. The van der Waals surface area contributed by atoms with Gasteiger partial charge in [0.25, 0.3) is 0 Å². The smallest absolute Gasteiger partial charge is 0.230 e. The molecule has 0 spiro atoms. The number of fused-ring (bicyclic) bond motifs is 1. The Bertz CT molecular complexity index is 692. The van der Waals surface area contributed by atoms with Crippen molar-refractivity contribution in [1.82, 2.24) is 14.9 Å². The van der Waals surface area contributed by atoms with Gasteiger partial charge < -0.3 is 15.0 Å². The van der Waals surface area contributed by atoms with Crippen LogP contribution in [0.5, 0.6) is 0 Å². The van der Waals surface area contributed by atoms with Gasteiger partial charge in [-0.25, -0.2) is 4.98 Å². The van der Waals surface area contributed by atoms with E-state index in [1.165, 1.54) is 11.8 Å².